The molecular formula is C16H11F6N3OS. The Morgan fingerprint density at radius 3 is 2.19 bits per heavy atom. The summed E-state index contributed by atoms with van der Waals surface area (Å²) in [7, 11) is -9.75. The second-order valence-corrected chi connectivity index (χ2v) is 7.96. The number of pyridine rings is 2. The number of rotatable bonds is 4. The van der Waals surface area contributed by atoms with Crippen molar-refractivity contribution >= 4 is 21.7 Å². The summed E-state index contributed by atoms with van der Waals surface area (Å²) >= 11 is 0. The summed E-state index contributed by atoms with van der Waals surface area (Å²) < 4.78 is 77.4. The van der Waals surface area contributed by atoms with E-state index in [1.807, 2.05) is 0 Å². The largest absolute Gasteiger partial charge is 0.491 e. The van der Waals surface area contributed by atoms with Crippen LogP contribution in [0, 0.1) is 5.82 Å². The summed E-state index contributed by atoms with van der Waals surface area (Å²) in [5, 5.41) is 11.8. The number of halogens is 6. The molecule has 4 nitrogen and oxygen atoms in total. The van der Waals surface area contributed by atoms with Crippen molar-refractivity contribution in [1.82, 2.24) is 9.97 Å². The highest BCUT2D eigenvalue weighted by molar-refractivity contribution is 8.45. The number of hydrogen-bond donors (Lipinski definition) is 2. The number of anilines is 2. The lowest BCUT2D eigenvalue weighted by atomic mass is 10.1. The van der Waals surface area contributed by atoms with E-state index in [9.17, 15) is 23.8 Å². The third-order valence-electron chi connectivity index (χ3n) is 3.50. The van der Waals surface area contributed by atoms with Gasteiger partial charge < -0.3 is 10.4 Å². The predicted octanol–water partition coefficient (Wildman–Crippen LogP) is 6.39. The maximum atomic E-state index is 13.5. The standard InChI is InChI=1S/C16H11F6N3OS/c17-14-8-10(9-24-16(14)26)13-2-1-7-23-15(13)25-11-3-5-12(6-4-11)27(18,19,20,21)22/h1-9H,(H,23,25)(H,24,26). The van der Waals surface area contributed by atoms with Crippen molar-refractivity contribution in [3.8, 4) is 17.0 Å². The second-order valence-electron chi connectivity index (χ2n) is 5.55. The molecule has 2 heterocycles. The summed E-state index contributed by atoms with van der Waals surface area (Å²) in [5.74, 6) is -1.63. The fourth-order valence-electron chi connectivity index (χ4n) is 2.25. The van der Waals surface area contributed by atoms with Gasteiger partial charge in [0.1, 0.15) is 10.7 Å². The van der Waals surface area contributed by atoms with Crippen molar-refractivity contribution in [3.63, 3.8) is 0 Å². The van der Waals surface area contributed by atoms with Gasteiger partial charge in [-0.1, -0.05) is 19.4 Å². The van der Waals surface area contributed by atoms with E-state index in [1.54, 1.807) is 0 Å². The molecule has 0 amide bonds. The molecule has 0 aliphatic rings. The minimum atomic E-state index is -9.75. The molecule has 2 aromatic heterocycles. The molecule has 3 aromatic rings. The second kappa shape index (κ2) is 5.52. The smallest absolute Gasteiger partial charge is 0.310 e. The van der Waals surface area contributed by atoms with E-state index < -0.39 is 26.8 Å². The van der Waals surface area contributed by atoms with Crippen LogP contribution in [0.2, 0.25) is 0 Å². The zero-order valence-electron chi connectivity index (χ0n) is 13.2. The van der Waals surface area contributed by atoms with Crippen LogP contribution < -0.4 is 5.32 Å². The van der Waals surface area contributed by atoms with Crippen LogP contribution in [-0.2, 0) is 0 Å². The van der Waals surface area contributed by atoms with E-state index in [0.29, 0.717) is 5.56 Å². The first-order chi connectivity index (χ1) is 12.3. The molecule has 0 atom stereocenters. The summed E-state index contributed by atoms with van der Waals surface area (Å²) in [4.78, 5) is 5.48. The van der Waals surface area contributed by atoms with E-state index in [2.05, 4.69) is 15.3 Å². The van der Waals surface area contributed by atoms with E-state index in [1.165, 1.54) is 24.5 Å². The maximum Gasteiger partial charge on any atom is 0.310 e. The van der Waals surface area contributed by atoms with Gasteiger partial charge in [-0.25, -0.2) is 14.4 Å². The monoisotopic (exact) mass is 407 g/mol. The van der Waals surface area contributed by atoms with Gasteiger partial charge in [-0.3, -0.25) is 0 Å². The summed E-state index contributed by atoms with van der Waals surface area (Å²) in [6.45, 7) is 0. The number of nitrogens with one attached hydrogen (secondary N) is 1. The van der Waals surface area contributed by atoms with Crippen LogP contribution in [0.5, 0.6) is 5.88 Å². The average Bonchev–Trinajstić information content (AvgIpc) is 2.56. The number of aromatic hydroxyl groups is 1. The molecule has 0 bridgehead atoms. The molecule has 0 aliphatic heterocycles. The number of nitrogens with zero attached hydrogens (tertiary/aromatic N) is 2. The van der Waals surface area contributed by atoms with E-state index >= 15 is 0 Å². The topological polar surface area (TPSA) is 58.0 Å². The Labute approximate surface area is 149 Å². The molecule has 0 saturated carbocycles. The minimum Gasteiger partial charge on any atom is -0.491 e. The SMILES string of the molecule is Oc1ncc(-c2cccnc2Nc2ccc(S(F)(F)(F)(F)F)cc2)cc1F. The van der Waals surface area contributed by atoms with Crippen LogP contribution in [-0.4, -0.2) is 15.1 Å². The molecule has 0 saturated heterocycles. The molecule has 3 rings (SSSR count). The van der Waals surface area contributed by atoms with Gasteiger partial charge in [-0.15, -0.1) is 0 Å². The van der Waals surface area contributed by atoms with Gasteiger partial charge in [-0.2, -0.15) is 0 Å². The van der Waals surface area contributed by atoms with Gasteiger partial charge >= 0.3 is 10.2 Å². The fraction of sp³-hybridized carbons (Fsp3) is 0. The van der Waals surface area contributed by atoms with Crippen LogP contribution in [0.1, 0.15) is 0 Å². The van der Waals surface area contributed by atoms with Gasteiger partial charge in [0.15, 0.2) is 5.82 Å². The van der Waals surface area contributed by atoms with Crippen molar-refractivity contribution in [3.05, 3.63) is 60.7 Å². The maximum absolute atomic E-state index is 13.5. The van der Waals surface area contributed by atoms with E-state index in [0.717, 1.165) is 18.2 Å². The molecule has 144 valence electrons. The number of aromatic nitrogens is 2. The molecule has 0 unspecified atom stereocenters. The van der Waals surface area contributed by atoms with Gasteiger partial charge in [0.25, 0.3) is 0 Å². The lowest BCUT2D eigenvalue weighted by Crippen LogP contribution is -2.06. The molecular weight excluding hydrogens is 396 g/mol. The Bertz CT molecular complexity index is 1010. The quantitative estimate of drug-likeness (QED) is 0.492. The Kier molecular flexibility index (Phi) is 3.85. The highest BCUT2D eigenvalue weighted by atomic mass is 32.5. The first-order valence-corrected chi connectivity index (χ1v) is 9.20. The van der Waals surface area contributed by atoms with Crippen molar-refractivity contribution in [2.45, 2.75) is 4.90 Å². The molecule has 27 heavy (non-hydrogen) atoms. The van der Waals surface area contributed by atoms with Crippen molar-refractivity contribution in [1.29, 1.82) is 0 Å². The summed E-state index contributed by atoms with van der Waals surface area (Å²) in [6, 6.07) is 6.28. The Balaban J connectivity index is 1.95. The zero-order valence-corrected chi connectivity index (χ0v) is 14.0. The van der Waals surface area contributed by atoms with E-state index in [-0.39, 0.29) is 29.2 Å². The molecule has 11 heteroatoms. The first kappa shape index (κ1) is 18.8. The van der Waals surface area contributed by atoms with Gasteiger partial charge in [0.2, 0.25) is 5.88 Å². The fourth-order valence-corrected chi connectivity index (χ4v) is 2.90. The number of hydrogen-bond acceptors (Lipinski definition) is 4. The molecule has 0 fully saturated rings. The van der Waals surface area contributed by atoms with Gasteiger partial charge in [0, 0.05) is 29.2 Å². The van der Waals surface area contributed by atoms with Crippen LogP contribution in [0.4, 0.5) is 35.3 Å². The van der Waals surface area contributed by atoms with Gasteiger partial charge in [-0.05, 0) is 42.5 Å². The normalized spacial score (nSPS) is 14.3. The first-order valence-electron chi connectivity index (χ1n) is 7.24. The molecule has 1 aromatic carbocycles. The highest BCUT2D eigenvalue weighted by Crippen LogP contribution is 3.02. The van der Waals surface area contributed by atoms with E-state index in [4.69, 9.17) is 5.11 Å². The molecule has 0 aliphatic carbocycles. The van der Waals surface area contributed by atoms with Crippen molar-refractivity contribution in [2.75, 3.05) is 5.32 Å². The predicted molar refractivity (Wildman–Crippen MR) is 90.2 cm³/mol. The third-order valence-corrected chi connectivity index (χ3v) is 4.67. The summed E-state index contributed by atoms with van der Waals surface area (Å²) in [6.07, 6.45) is 2.55. The highest BCUT2D eigenvalue weighted by Gasteiger charge is 2.65. The van der Waals surface area contributed by atoms with Crippen molar-refractivity contribution in [2.24, 2.45) is 0 Å². The van der Waals surface area contributed by atoms with Crippen LogP contribution in [0.15, 0.2) is 59.8 Å². The third kappa shape index (κ3) is 4.25. The van der Waals surface area contributed by atoms with Crippen LogP contribution >= 0.6 is 10.2 Å². The lowest BCUT2D eigenvalue weighted by molar-refractivity contribution is 0.364. The minimum absolute atomic E-state index is 0.0627. The van der Waals surface area contributed by atoms with Crippen LogP contribution in [0.3, 0.4) is 0 Å². The van der Waals surface area contributed by atoms with Crippen molar-refractivity contribution < 1.29 is 28.9 Å². The Morgan fingerprint density at radius 2 is 1.59 bits per heavy atom. The number of benzene rings is 1. The molecule has 0 radical (unpaired) electrons. The summed E-state index contributed by atoms with van der Waals surface area (Å²) in [5.41, 5.74) is 0.637. The molecule has 0 spiro atoms. The Hall–Kier alpha value is -2.95. The average molecular weight is 407 g/mol. The lowest BCUT2D eigenvalue weighted by Gasteiger charge is -2.40. The van der Waals surface area contributed by atoms with Gasteiger partial charge in [0.05, 0.1) is 0 Å². The Morgan fingerprint density at radius 1 is 0.926 bits per heavy atom. The zero-order chi connectivity index (χ0) is 19.9. The van der Waals surface area contributed by atoms with Crippen LogP contribution in [0.25, 0.3) is 11.1 Å². The molecule has 2 N–H and O–H groups in total.